The van der Waals surface area contributed by atoms with Crippen LogP contribution in [-0.4, -0.2) is 28.6 Å². The second-order valence-corrected chi connectivity index (χ2v) is 3.65. The summed E-state index contributed by atoms with van der Waals surface area (Å²) in [5.74, 6) is -1.26. The summed E-state index contributed by atoms with van der Waals surface area (Å²) >= 11 is 0. The minimum absolute atomic E-state index is 0.00560. The molecule has 0 fully saturated rings. The van der Waals surface area contributed by atoms with Crippen LogP contribution < -0.4 is 5.32 Å². The van der Waals surface area contributed by atoms with Crippen LogP contribution in [0.15, 0.2) is 30.3 Å². The van der Waals surface area contributed by atoms with Gasteiger partial charge in [-0.2, -0.15) is 0 Å². The Labute approximate surface area is 97.7 Å². The molecule has 0 spiro atoms. The van der Waals surface area contributed by atoms with Gasteiger partial charge in [0, 0.05) is 18.0 Å². The minimum atomic E-state index is -1.04. The van der Waals surface area contributed by atoms with Gasteiger partial charge in [0.2, 0.25) is 5.91 Å². The van der Waals surface area contributed by atoms with Crippen molar-refractivity contribution >= 4 is 22.8 Å². The van der Waals surface area contributed by atoms with Gasteiger partial charge in [0.1, 0.15) is 12.2 Å². The number of carbonyl (C=O) groups excluding carboxylic acids is 1. The van der Waals surface area contributed by atoms with Crippen molar-refractivity contribution in [3.8, 4) is 0 Å². The largest absolute Gasteiger partial charge is 0.477 e. The molecule has 0 saturated heterocycles. The SMILES string of the molecule is CNC(=O)Cn1c(C(=O)O)cc2ccccc21. The van der Waals surface area contributed by atoms with Crippen molar-refractivity contribution in [2.45, 2.75) is 6.54 Å². The Bertz CT molecular complexity index is 586. The maximum Gasteiger partial charge on any atom is 0.352 e. The summed E-state index contributed by atoms with van der Waals surface area (Å²) in [4.78, 5) is 22.5. The lowest BCUT2D eigenvalue weighted by Crippen LogP contribution is -2.25. The van der Waals surface area contributed by atoms with E-state index >= 15 is 0 Å². The number of amides is 1. The Morgan fingerprint density at radius 1 is 1.35 bits per heavy atom. The molecule has 1 heterocycles. The highest BCUT2D eigenvalue weighted by molar-refractivity contribution is 5.95. The second-order valence-electron chi connectivity index (χ2n) is 3.65. The number of carbonyl (C=O) groups is 2. The fourth-order valence-corrected chi connectivity index (χ4v) is 1.78. The number of aromatic carboxylic acids is 1. The summed E-state index contributed by atoms with van der Waals surface area (Å²) in [6, 6.07) is 8.83. The van der Waals surface area contributed by atoms with Crippen LogP contribution in [0, 0.1) is 0 Å². The van der Waals surface area contributed by atoms with Crippen LogP contribution in [0.3, 0.4) is 0 Å². The number of hydrogen-bond acceptors (Lipinski definition) is 2. The van der Waals surface area contributed by atoms with Crippen molar-refractivity contribution in [2.24, 2.45) is 0 Å². The molecule has 0 saturated carbocycles. The number of nitrogens with zero attached hydrogens (tertiary/aromatic N) is 1. The van der Waals surface area contributed by atoms with E-state index in [1.54, 1.807) is 12.1 Å². The van der Waals surface area contributed by atoms with Crippen LogP contribution >= 0.6 is 0 Å². The molecule has 0 aliphatic carbocycles. The van der Waals surface area contributed by atoms with E-state index in [1.165, 1.54) is 11.6 Å². The lowest BCUT2D eigenvalue weighted by atomic mass is 10.2. The molecule has 1 aromatic heterocycles. The first kappa shape index (κ1) is 11.2. The number of rotatable bonds is 3. The van der Waals surface area contributed by atoms with E-state index < -0.39 is 5.97 Å². The third-order valence-electron chi connectivity index (χ3n) is 2.61. The zero-order valence-corrected chi connectivity index (χ0v) is 9.30. The molecule has 2 aromatic rings. The molecule has 88 valence electrons. The number of benzene rings is 1. The van der Waals surface area contributed by atoms with Crippen LogP contribution in [0.4, 0.5) is 0 Å². The summed E-state index contributed by atoms with van der Waals surface area (Å²) in [7, 11) is 1.52. The smallest absolute Gasteiger partial charge is 0.352 e. The van der Waals surface area contributed by atoms with Crippen molar-refractivity contribution < 1.29 is 14.7 Å². The number of carboxylic acid groups (broad SMARTS) is 1. The van der Waals surface area contributed by atoms with Crippen LogP contribution in [0.1, 0.15) is 10.5 Å². The quantitative estimate of drug-likeness (QED) is 0.832. The number of hydrogen-bond donors (Lipinski definition) is 2. The van der Waals surface area contributed by atoms with E-state index in [4.69, 9.17) is 5.11 Å². The summed E-state index contributed by atoms with van der Waals surface area (Å²) in [6.07, 6.45) is 0. The lowest BCUT2D eigenvalue weighted by molar-refractivity contribution is -0.121. The monoisotopic (exact) mass is 232 g/mol. The van der Waals surface area contributed by atoms with Gasteiger partial charge < -0.3 is 15.0 Å². The Morgan fingerprint density at radius 3 is 2.71 bits per heavy atom. The third kappa shape index (κ3) is 1.99. The van der Waals surface area contributed by atoms with Gasteiger partial charge in [-0.05, 0) is 12.1 Å². The first-order valence-corrected chi connectivity index (χ1v) is 5.15. The van der Waals surface area contributed by atoms with Gasteiger partial charge in [-0.3, -0.25) is 4.79 Å². The molecule has 17 heavy (non-hydrogen) atoms. The molecule has 5 nitrogen and oxygen atoms in total. The average Bonchev–Trinajstić information content (AvgIpc) is 2.68. The zero-order valence-electron chi connectivity index (χ0n) is 9.30. The van der Waals surface area contributed by atoms with E-state index in [9.17, 15) is 9.59 Å². The molecule has 0 atom stereocenters. The molecule has 0 bridgehead atoms. The van der Waals surface area contributed by atoms with Gasteiger partial charge in [0.05, 0.1) is 0 Å². The third-order valence-corrected chi connectivity index (χ3v) is 2.61. The Morgan fingerprint density at radius 2 is 2.06 bits per heavy atom. The van der Waals surface area contributed by atoms with Crippen LogP contribution in [-0.2, 0) is 11.3 Å². The number of nitrogens with one attached hydrogen (secondary N) is 1. The Balaban J connectivity index is 2.59. The molecule has 0 unspecified atom stereocenters. The number of likely N-dealkylation sites (N-methyl/N-ethyl adjacent to an activating group) is 1. The molecule has 1 amide bonds. The molecule has 0 aliphatic rings. The average molecular weight is 232 g/mol. The van der Waals surface area contributed by atoms with E-state index in [1.807, 2.05) is 18.2 Å². The first-order chi connectivity index (χ1) is 8.13. The standard InChI is InChI=1S/C12H12N2O3/c1-13-11(15)7-14-9-5-3-2-4-8(9)6-10(14)12(16)17/h2-6H,7H2,1H3,(H,13,15)(H,16,17). The predicted molar refractivity (Wildman–Crippen MR) is 63.0 cm³/mol. The van der Waals surface area contributed by atoms with Gasteiger partial charge in [0.25, 0.3) is 0 Å². The minimum Gasteiger partial charge on any atom is -0.477 e. The predicted octanol–water partition coefficient (Wildman–Crippen LogP) is 1.09. The molecule has 0 aliphatic heterocycles. The Hall–Kier alpha value is -2.30. The van der Waals surface area contributed by atoms with E-state index in [2.05, 4.69) is 5.32 Å². The molecule has 1 aromatic carbocycles. The summed E-state index contributed by atoms with van der Waals surface area (Å²) in [5.41, 5.74) is 0.864. The van der Waals surface area contributed by atoms with Gasteiger partial charge in [-0.15, -0.1) is 0 Å². The molecule has 0 radical (unpaired) electrons. The van der Waals surface area contributed by atoms with Gasteiger partial charge >= 0.3 is 5.97 Å². The second kappa shape index (κ2) is 4.29. The summed E-state index contributed by atoms with van der Waals surface area (Å²) < 4.78 is 1.50. The number of aromatic nitrogens is 1. The van der Waals surface area contributed by atoms with Crippen LogP contribution in [0.2, 0.25) is 0 Å². The van der Waals surface area contributed by atoms with Gasteiger partial charge in [0.15, 0.2) is 0 Å². The van der Waals surface area contributed by atoms with Crippen molar-refractivity contribution in [3.05, 3.63) is 36.0 Å². The normalized spacial score (nSPS) is 10.4. The van der Waals surface area contributed by atoms with E-state index in [0.717, 1.165) is 10.9 Å². The van der Waals surface area contributed by atoms with E-state index in [-0.39, 0.29) is 18.1 Å². The maximum atomic E-state index is 11.4. The summed E-state index contributed by atoms with van der Waals surface area (Å²) in [5, 5.41) is 12.4. The number of carboxylic acids is 1. The zero-order chi connectivity index (χ0) is 12.4. The Kier molecular flexibility index (Phi) is 2.82. The van der Waals surface area contributed by atoms with Crippen LogP contribution in [0.5, 0.6) is 0 Å². The van der Waals surface area contributed by atoms with Crippen molar-refractivity contribution in [3.63, 3.8) is 0 Å². The van der Waals surface area contributed by atoms with Gasteiger partial charge in [-0.25, -0.2) is 4.79 Å². The van der Waals surface area contributed by atoms with Crippen molar-refractivity contribution in [1.29, 1.82) is 0 Å². The van der Waals surface area contributed by atoms with Crippen molar-refractivity contribution in [2.75, 3.05) is 7.05 Å². The van der Waals surface area contributed by atoms with E-state index in [0.29, 0.717) is 0 Å². The lowest BCUT2D eigenvalue weighted by Gasteiger charge is -2.06. The summed E-state index contributed by atoms with van der Waals surface area (Å²) in [6.45, 7) is 0.00560. The fraction of sp³-hybridized carbons (Fsp3) is 0.167. The molecular weight excluding hydrogens is 220 g/mol. The molecular formula is C12H12N2O3. The topological polar surface area (TPSA) is 71.3 Å². The van der Waals surface area contributed by atoms with Crippen LogP contribution in [0.25, 0.3) is 10.9 Å². The highest BCUT2D eigenvalue weighted by Gasteiger charge is 2.15. The number of para-hydroxylation sites is 1. The van der Waals surface area contributed by atoms with Gasteiger partial charge in [-0.1, -0.05) is 18.2 Å². The number of fused-ring (bicyclic) bond motifs is 1. The van der Waals surface area contributed by atoms with Crippen molar-refractivity contribution in [1.82, 2.24) is 9.88 Å². The first-order valence-electron chi connectivity index (χ1n) is 5.15. The molecule has 2 rings (SSSR count). The highest BCUT2D eigenvalue weighted by Crippen LogP contribution is 2.19. The maximum absolute atomic E-state index is 11.4. The molecule has 5 heteroatoms. The highest BCUT2D eigenvalue weighted by atomic mass is 16.4. The fourth-order valence-electron chi connectivity index (χ4n) is 1.78. The molecule has 2 N–H and O–H groups in total.